The van der Waals surface area contributed by atoms with E-state index in [1.54, 1.807) is 12.1 Å². The molecular weight excluding hydrogens is 334 g/mol. The number of aromatic nitrogens is 3. The van der Waals surface area contributed by atoms with Crippen LogP contribution in [0.25, 0.3) is 0 Å². The predicted molar refractivity (Wildman–Crippen MR) is 85.8 cm³/mol. The average molecular weight is 344 g/mol. The molecule has 2 aromatic heterocycles. The van der Waals surface area contributed by atoms with Gasteiger partial charge in [-0.15, -0.1) is 0 Å². The van der Waals surface area contributed by atoms with Crippen molar-refractivity contribution in [3.05, 3.63) is 70.8 Å². The lowest BCUT2D eigenvalue weighted by Gasteiger charge is -2.10. The monoisotopic (exact) mass is 344 g/mol. The number of nitro groups is 1. The van der Waals surface area contributed by atoms with Crippen LogP contribution in [0.5, 0.6) is 0 Å². The number of hydrogen-bond donors (Lipinski definition) is 2. The van der Waals surface area contributed by atoms with Crippen LogP contribution in [0.15, 0.2) is 49.1 Å². The third-order valence-corrected chi connectivity index (χ3v) is 3.13. The number of nitrogens with one attached hydrogen (secondary N) is 2. The molecule has 0 radical (unpaired) electrons. The highest BCUT2D eigenvalue weighted by atomic mass is 19.1. The molecule has 0 atom stereocenters. The van der Waals surface area contributed by atoms with Crippen LogP contribution in [0.2, 0.25) is 0 Å². The van der Waals surface area contributed by atoms with Crippen molar-refractivity contribution >= 4 is 28.7 Å². The summed E-state index contributed by atoms with van der Waals surface area (Å²) in [7, 11) is 0. The van der Waals surface area contributed by atoms with E-state index in [0.29, 0.717) is 5.69 Å². The Balaban J connectivity index is 2.01. The molecule has 10 heteroatoms. The van der Waals surface area contributed by atoms with Gasteiger partial charge in [-0.1, -0.05) is 0 Å². The Morgan fingerprint density at radius 1 is 1.00 bits per heavy atom. The van der Waals surface area contributed by atoms with Gasteiger partial charge in [0.25, 0.3) is 0 Å². The van der Waals surface area contributed by atoms with E-state index in [1.165, 1.54) is 12.4 Å². The molecule has 1 aromatic carbocycles. The van der Waals surface area contributed by atoms with Crippen LogP contribution >= 0.6 is 0 Å². The van der Waals surface area contributed by atoms with Crippen molar-refractivity contribution in [2.24, 2.45) is 0 Å². The Kier molecular flexibility index (Phi) is 4.42. The SMILES string of the molecule is O=[N+]([O-])c1c(Nc2ccncc2)ncnc1Nc1cc(F)ccc1F. The van der Waals surface area contributed by atoms with Crippen LogP contribution in [0.3, 0.4) is 0 Å². The molecule has 0 aliphatic rings. The summed E-state index contributed by atoms with van der Waals surface area (Å²) in [4.78, 5) is 22.2. The van der Waals surface area contributed by atoms with Crippen molar-refractivity contribution in [2.45, 2.75) is 0 Å². The lowest BCUT2D eigenvalue weighted by atomic mass is 10.3. The average Bonchev–Trinajstić information content (AvgIpc) is 2.59. The highest BCUT2D eigenvalue weighted by Gasteiger charge is 2.24. The molecule has 2 heterocycles. The highest BCUT2D eigenvalue weighted by molar-refractivity contribution is 5.76. The van der Waals surface area contributed by atoms with E-state index in [-0.39, 0.29) is 17.3 Å². The third-order valence-electron chi connectivity index (χ3n) is 3.13. The molecule has 0 amide bonds. The summed E-state index contributed by atoms with van der Waals surface area (Å²) in [6.45, 7) is 0. The largest absolute Gasteiger partial charge is 0.353 e. The van der Waals surface area contributed by atoms with Gasteiger partial charge in [0.2, 0.25) is 11.6 Å². The number of rotatable bonds is 5. The Hall–Kier alpha value is -3.69. The van der Waals surface area contributed by atoms with Gasteiger partial charge in [0.1, 0.15) is 18.0 Å². The Bertz CT molecular complexity index is 923. The van der Waals surface area contributed by atoms with Gasteiger partial charge in [-0.2, -0.15) is 0 Å². The standard InChI is InChI=1S/C15H10F2N6O2/c16-9-1-2-11(17)12(7-9)22-15-13(23(24)25)14(19-8-20-15)21-10-3-5-18-6-4-10/h1-8H,(H2,18,19,20,21,22). The van der Waals surface area contributed by atoms with Gasteiger partial charge in [-0.25, -0.2) is 18.7 Å². The molecule has 0 aliphatic heterocycles. The lowest BCUT2D eigenvalue weighted by Crippen LogP contribution is -2.06. The first-order valence-electron chi connectivity index (χ1n) is 6.93. The van der Waals surface area contributed by atoms with E-state index in [0.717, 1.165) is 24.5 Å². The fraction of sp³-hybridized carbons (Fsp3) is 0. The molecule has 8 nitrogen and oxygen atoms in total. The summed E-state index contributed by atoms with van der Waals surface area (Å²) in [6.07, 6.45) is 4.06. The number of nitrogens with zero attached hydrogens (tertiary/aromatic N) is 4. The van der Waals surface area contributed by atoms with Gasteiger partial charge in [-0.05, 0) is 24.3 Å². The molecule has 0 fully saturated rings. The number of hydrogen-bond acceptors (Lipinski definition) is 7. The predicted octanol–water partition coefficient (Wildman–Crippen LogP) is 3.55. The maximum Gasteiger partial charge on any atom is 0.353 e. The minimum absolute atomic E-state index is 0.106. The van der Waals surface area contributed by atoms with Crippen LogP contribution in [0, 0.1) is 21.7 Å². The zero-order valence-electron chi connectivity index (χ0n) is 12.5. The topological polar surface area (TPSA) is 106 Å². The number of benzene rings is 1. The molecule has 3 rings (SSSR count). The maximum atomic E-state index is 13.8. The second-order valence-corrected chi connectivity index (χ2v) is 4.79. The summed E-state index contributed by atoms with van der Waals surface area (Å²) in [5.74, 6) is -1.86. The third kappa shape index (κ3) is 3.63. The summed E-state index contributed by atoms with van der Waals surface area (Å²) in [5, 5.41) is 16.6. The summed E-state index contributed by atoms with van der Waals surface area (Å²) < 4.78 is 27.1. The first-order chi connectivity index (χ1) is 12.0. The van der Waals surface area contributed by atoms with Gasteiger partial charge in [0, 0.05) is 24.1 Å². The summed E-state index contributed by atoms with van der Waals surface area (Å²) in [6, 6.07) is 5.89. The van der Waals surface area contributed by atoms with Gasteiger partial charge in [0.05, 0.1) is 10.6 Å². The Labute approximate surface area is 139 Å². The molecule has 0 saturated carbocycles. The second-order valence-electron chi connectivity index (χ2n) is 4.79. The van der Waals surface area contributed by atoms with Crippen LogP contribution in [0.1, 0.15) is 0 Å². The van der Waals surface area contributed by atoms with Gasteiger partial charge in [-0.3, -0.25) is 15.1 Å². The maximum absolute atomic E-state index is 13.8. The van der Waals surface area contributed by atoms with Gasteiger partial charge >= 0.3 is 5.69 Å². The highest BCUT2D eigenvalue weighted by Crippen LogP contribution is 2.33. The minimum Gasteiger partial charge on any atom is -0.334 e. The van der Waals surface area contributed by atoms with E-state index in [4.69, 9.17) is 0 Å². The van der Waals surface area contributed by atoms with Gasteiger partial charge < -0.3 is 10.6 Å². The Morgan fingerprint density at radius 3 is 2.36 bits per heavy atom. The van der Waals surface area contributed by atoms with Crippen molar-refractivity contribution in [1.29, 1.82) is 0 Å². The van der Waals surface area contributed by atoms with Crippen LogP contribution in [0.4, 0.5) is 37.5 Å². The summed E-state index contributed by atoms with van der Waals surface area (Å²) in [5.41, 5.74) is -0.278. The van der Waals surface area contributed by atoms with E-state index in [2.05, 4.69) is 25.6 Å². The molecular formula is C15H10F2N6O2. The Morgan fingerprint density at radius 2 is 1.68 bits per heavy atom. The van der Waals surface area contributed by atoms with Crippen LogP contribution < -0.4 is 10.6 Å². The molecule has 25 heavy (non-hydrogen) atoms. The number of pyridine rings is 1. The molecule has 2 N–H and O–H groups in total. The quantitative estimate of drug-likeness (QED) is 0.538. The van der Waals surface area contributed by atoms with E-state index in [9.17, 15) is 18.9 Å². The smallest absolute Gasteiger partial charge is 0.334 e. The van der Waals surface area contributed by atoms with Crippen molar-refractivity contribution in [2.75, 3.05) is 10.6 Å². The fourth-order valence-electron chi connectivity index (χ4n) is 2.03. The fourth-order valence-corrected chi connectivity index (χ4v) is 2.03. The molecule has 0 aliphatic carbocycles. The molecule has 0 unspecified atom stereocenters. The molecule has 0 spiro atoms. The molecule has 3 aromatic rings. The van der Waals surface area contributed by atoms with Crippen molar-refractivity contribution in [3.63, 3.8) is 0 Å². The number of anilines is 4. The lowest BCUT2D eigenvalue weighted by molar-refractivity contribution is -0.383. The van der Waals surface area contributed by atoms with Gasteiger partial charge in [0.15, 0.2) is 0 Å². The normalized spacial score (nSPS) is 10.3. The zero-order chi connectivity index (χ0) is 17.8. The first-order valence-corrected chi connectivity index (χ1v) is 6.93. The zero-order valence-corrected chi connectivity index (χ0v) is 12.5. The molecule has 0 bridgehead atoms. The van der Waals surface area contributed by atoms with Crippen molar-refractivity contribution in [1.82, 2.24) is 15.0 Å². The van der Waals surface area contributed by atoms with E-state index >= 15 is 0 Å². The van der Waals surface area contributed by atoms with Crippen LogP contribution in [-0.4, -0.2) is 19.9 Å². The second kappa shape index (κ2) is 6.83. The van der Waals surface area contributed by atoms with Crippen molar-refractivity contribution in [3.8, 4) is 0 Å². The van der Waals surface area contributed by atoms with E-state index in [1.807, 2.05) is 0 Å². The molecule has 0 saturated heterocycles. The van der Waals surface area contributed by atoms with Crippen molar-refractivity contribution < 1.29 is 13.7 Å². The first kappa shape index (κ1) is 16.2. The number of halogens is 2. The molecule has 126 valence electrons. The van der Waals surface area contributed by atoms with E-state index < -0.39 is 22.2 Å². The van der Waals surface area contributed by atoms with Crippen LogP contribution in [-0.2, 0) is 0 Å². The minimum atomic E-state index is -0.780. The summed E-state index contributed by atoms with van der Waals surface area (Å²) >= 11 is 0.